The van der Waals surface area contributed by atoms with Gasteiger partial charge in [0.15, 0.2) is 0 Å². The first kappa shape index (κ1) is 19.9. The van der Waals surface area contributed by atoms with Crippen LogP contribution in [0.3, 0.4) is 0 Å². The molecule has 1 saturated heterocycles. The lowest BCUT2D eigenvalue weighted by atomic mass is 9.69. The zero-order valence-electron chi connectivity index (χ0n) is 15.3. The summed E-state index contributed by atoms with van der Waals surface area (Å²) in [5.74, 6) is -1.04. The molecule has 1 aromatic carbocycles. The SMILES string of the molecule is C[C@@]12COC[C@]1(c1cc(NC(=O)c3ncc(Cl)cc3Cl)ccc1F)N=C(N)OC2. The van der Waals surface area contributed by atoms with Crippen molar-refractivity contribution in [3.8, 4) is 0 Å². The fraction of sp³-hybridized carbons (Fsp3) is 0.316. The molecule has 29 heavy (non-hydrogen) atoms. The van der Waals surface area contributed by atoms with Gasteiger partial charge in [-0.15, -0.1) is 0 Å². The summed E-state index contributed by atoms with van der Waals surface area (Å²) in [5.41, 5.74) is 4.74. The Morgan fingerprint density at radius 1 is 1.28 bits per heavy atom. The summed E-state index contributed by atoms with van der Waals surface area (Å²) in [7, 11) is 0. The highest BCUT2D eigenvalue weighted by molar-refractivity contribution is 6.36. The molecule has 0 aliphatic carbocycles. The fourth-order valence-corrected chi connectivity index (χ4v) is 4.12. The molecule has 1 aromatic heterocycles. The minimum Gasteiger partial charge on any atom is -0.465 e. The van der Waals surface area contributed by atoms with E-state index in [1.807, 2.05) is 6.92 Å². The van der Waals surface area contributed by atoms with Crippen LogP contribution in [-0.4, -0.2) is 36.7 Å². The summed E-state index contributed by atoms with van der Waals surface area (Å²) in [4.78, 5) is 21.0. The number of fused-ring (bicyclic) bond motifs is 1. The summed E-state index contributed by atoms with van der Waals surface area (Å²) in [6.07, 6.45) is 1.32. The average Bonchev–Trinajstić information content (AvgIpc) is 3.00. The molecule has 1 amide bonds. The maximum Gasteiger partial charge on any atom is 0.282 e. The molecule has 0 saturated carbocycles. The van der Waals surface area contributed by atoms with E-state index in [9.17, 15) is 9.18 Å². The van der Waals surface area contributed by atoms with E-state index in [0.29, 0.717) is 17.3 Å². The smallest absolute Gasteiger partial charge is 0.282 e. The normalized spacial score (nSPS) is 25.7. The molecule has 7 nitrogen and oxygen atoms in total. The molecule has 0 bridgehead atoms. The topological polar surface area (TPSA) is 98.8 Å². The summed E-state index contributed by atoms with van der Waals surface area (Å²) in [5, 5.41) is 3.09. The van der Waals surface area contributed by atoms with Crippen molar-refractivity contribution in [3.05, 3.63) is 57.6 Å². The van der Waals surface area contributed by atoms with E-state index in [1.54, 1.807) is 0 Å². The van der Waals surface area contributed by atoms with Crippen LogP contribution in [0.4, 0.5) is 10.1 Å². The molecule has 2 aliphatic heterocycles. The van der Waals surface area contributed by atoms with E-state index in [0.717, 1.165) is 0 Å². The van der Waals surface area contributed by atoms with Crippen molar-refractivity contribution >= 4 is 40.8 Å². The van der Waals surface area contributed by atoms with E-state index < -0.39 is 22.7 Å². The number of pyridine rings is 1. The first-order valence-electron chi connectivity index (χ1n) is 8.72. The van der Waals surface area contributed by atoms with Gasteiger partial charge in [0.2, 0.25) is 0 Å². The lowest BCUT2D eigenvalue weighted by Crippen LogP contribution is -2.50. The first-order valence-corrected chi connectivity index (χ1v) is 9.48. The molecule has 3 N–H and O–H groups in total. The Kier molecular flexibility index (Phi) is 4.88. The Balaban J connectivity index is 1.72. The van der Waals surface area contributed by atoms with Gasteiger partial charge in [0.25, 0.3) is 11.9 Å². The third-order valence-corrected chi connectivity index (χ3v) is 5.76. The number of amidine groups is 1. The van der Waals surface area contributed by atoms with E-state index >= 15 is 0 Å². The Bertz CT molecular complexity index is 1030. The number of ether oxygens (including phenoxy) is 2. The van der Waals surface area contributed by atoms with Gasteiger partial charge in [-0.2, -0.15) is 0 Å². The second kappa shape index (κ2) is 7.12. The quantitative estimate of drug-likeness (QED) is 0.765. The van der Waals surface area contributed by atoms with Crippen molar-refractivity contribution in [3.63, 3.8) is 0 Å². The fourth-order valence-electron chi connectivity index (χ4n) is 3.65. The molecule has 2 aliphatic rings. The van der Waals surface area contributed by atoms with Gasteiger partial charge < -0.3 is 20.5 Å². The van der Waals surface area contributed by atoms with Crippen molar-refractivity contribution in [2.75, 3.05) is 25.1 Å². The standard InChI is InChI=1S/C19H17Cl2FN4O3/c1-18-7-28-9-19(18,26-17(23)29-8-18)12-5-11(2-3-14(12)22)25-16(27)15-13(21)4-10(20)6-24-15/h2-6H,7-9H2,1H3,(H2,23,26)(H,25,27)/t18-,19+/m0/s1. The highest BCUT2D eigenvalue weighted by Gasteiger charge is 2.58. The van der Waals surface area contributed by atoms with E-state index in [-0.39, 0.29) is 35.5 Å². The van der Waals surface area contributed by atoms with E-state index in [1.165, 1.54) is 30.5 Å². The lowest BCUT2D eigenvalue weighted by molar-refractivity contribution is 0.0665. The molecule has 0 radical (unpaired) electrons. The van der Waals surface area contributed by atoms with Crippen molar-refractivity contribution < 1.29 is 18.7 Å². The number of hydrogen-bond donors (Lipinski definition) is 2. The second-order valence-electron chi connectivity index (χ2n) is 7.29. The number of nitrogens with one attached hydrogen (secondary N) is 1. The minimum absolute atomic E-state index is 0.00229. The Morgan fingerprint density at radius 3 is 2.83 bits per heavy atom. The number of hydrogen-bond acceptors (Lipinski definition) is 6. The number of carbonyl (C=O) groups excluding carboxylic acids is 1. The van der Waals surface area contributed by atoms with Crippen LogP contribution in [-0.2, 0) is 15.0 Å². The first-order chi connectivity index (χ1) is 13.7. The summed E-state index contributed by atoms with van der Waals surface area (Å²) in [6.45, 7) is 2.62. The van der Waals surface area contributed by atoms with Gasteiger partial charge in [-0.3, -0.25) is 4.79 Å². The molecule has 152 valence electrons. The van der Waals surface area contributed by atoms with E-state index in [4.69, 9.17) is 38.4 Å². The van der Waals surface area contributed by atoms with Gasteiger partial charge >= 0.3 is 0 Å². The van der Waals surface area contributed by atoms with Gasteiger partial charge in [0.1, 0.15) is 23.7 Å². The van der Waals surface area contributed by atoms with Crippen LogP contribution in [0.25, 0.3) is 0 Å². The number of aliphatic imine (C=N–C) groups is 1. The number of carbonyl (C=O) groups is 1. The number of anilines is 1. The van der Waals surface area contributed by atoms with Crippen molar-refractivity contribution in [1.29, 1.82) is 0 Å². The average molecular weight is 439 g/mol. The van der Waals surface area contributed by atoms with Gasteiger partial charge in [-0.05, 0) is 24.3 Å². The highest BCUT2D eigenvalue weighted by atomic mass is 35.5. The van der Waals surface area contributed by atoms with Gasteiger partial charge in [0, 0.05) is 17.4 Å². The maximum atomic E-state index is 14.9. The number of benzene rings is 1. The van der Waals surface area contributed by atoms with Crippen molar-refractivity contribution in [1.82, 2.24) is 4.98 Å². The molecule has 0 unspecified atom stereocenters. The predicted molar refractivity (Wildman–Crippen MR) is 107 cm³/mol. The van der Waals surface area contributed by atoms with Crippen LogP contribution >= 0.6 is 23.2 Å². The molecule has 0 spiro atoms. The second-order valence-corrected chi connectivity index (χ2v) is 8.13. The number of nitrogens with two attached hydrogens (primary N) is 1. The molecular formula is C19H17Cl2FN4O3. The van der Waals surface area contributed by atoms with Gasteiger partial charge in [0.05, 0.1) is 28.7 Å². The zero-order valence-corrected chi connectivity index (χ0v) is 16.9. The van der Waals surface area contributed by atoms with Gasteiger partial charge in [-0.1, -0.05) is 30.1 Å². The Hall–Kier alpha value is -2.42. The van der Waals surface area contributed by atoms with Crippen molar-refractivity contribution in [2.45, 2.75) is 12.5 Å². The predicted octanol–water partition coefficient (Wildman–Crippen LogP) is 3.36. The number of halogens is 3. The molecule has 1 fully saturated rings. The van der Waals surface area contributed by atoms with Crippen LogP contribution in [0.1, 0.15) is 23.0 Å². The molecule has 3 heterocycles. The zero-order chi connectivity index (χ0) is 20.8. The van der Waals surface area contributed by atoms with Crippen LogP contribution in [0.5, 0.6) is 0 Å². The van der Waals surface area contributed by atoms with E-state index in [2.05, 4.69) is 15.3 Å². The third-order valence-electron chi connectivity index (χ3n) is 5.26. The number of rotatable bonds is 3. The number of nitrogens with zero attached hydrogens (tertiary/aromatic N) is 2. The van der Waals surface area contributed by atoms with Crippen molar-refractivity contribution in [2.24, 2.45) is 16.1 Å². The van der Waals surface area contributed by atoms with Crippen LogP contribution < -0.4 is 11.1 Å². The molecular weight excluding hydrogens is 422 g/mol. The molecule has 2 aromatic rings. The number of amides is 1. The lowest BCUT2D eigenvalue weighted by Gasteiger charge is -2.42. The molecule has 4 rings (SSSR count). The largest absolute Gasteiger partial charge is 0.465 e. The summed E-state index contributed by atoms with van der Waals surface area (Å²) >= 11 is 11.9. The van der Waals surface area contributed by atoms with Crippen LogP contribution in [0.15, 0.2) is 35.5 Å². The molecule has 10 heteroatoms. The Labute approximate surface area is 176 Å². The minimum atomic E-state index is -1.06. The van der Waals surface area contributed by atoms with Gasteiger partial charge in [-0.25, -0.2) is 14.4 Å². The third kappa shape index (κ3) is 3.31. The maximum absolute atomic E-state index is 14.9. The van der Waals surface area contributed by atoms with Crippen LogP contribution in [0.2, 0.25) is 10.0 Å². The Morgan fingerprint density at radius 2 is 2.07 bits per heavy atom. The molecule has 2 atom stereocenters. The number of aromatic nitrogens is 1. The monoisotopic (exact) mass is 438 g/mol. The highest BCUT2D eigenvalue weighted by Crippen LogP contribution is 2.51. The van der Waals surface area contributed by atoms with Crippen LogP contribution in [0, 0.1) is 11.2 Å². The summed E-state index contributed by atoms with van der Waals surface area (Å²) in [6, 6.07) is 5.61. The summed E-state index contributed by atoms with van der Waals surface area (Å²) < 4.78 is 25.9.